The number of rotatable bonds is 6. The molecule has 10 heteroatoms. The summed E-state index contributed by atoms with van der Waals surface area (Å²) < 4.78 is 10.6. The molecule has 29 heavy (non-hydrogen) atoms. The Morgan fingerprint density at radius 1 is 1.34 bits per heavy atom. The Morgan fingerprint density at radius 3 is 2.69 bits per heavy atom. The first kappa shape index (κ1) is 23.9. The summed E-state index contributed by atoms with van der Waals surface area (Å²) in [5, 5.41) is 7.56. The van der Waals surface area contributed by atoms with E-state index in [-0.39, 0.29) is 36.4 Å². The van der Waals surface area contributed by atoms with Crippen LogP contribution >= 0.6 is 24.0 Å². The molecule has 2 aliphatic heterocycles. The van der Waals surface area contributed by atoms with E-state index in [0.29, 0.717) is 5.92 Å². The van der Waals surface area contributed by atoms with E-state index in [0.717, 1.165) is 76.3 Å². The number of ether oxygens (including phenoxy) is 1. The summed E-state index contributed by atoms with van der Waals surface area (Å²) in [6.45, 7) is 8.88. The molecule has 0 aliphatic carbocycles. The summed E-state index contributed by atoms with van der Waals surface area (Å²) in [5.41, 5.74) is 0.968. The molecule has 1 aromatic rings. The maximum absolute atomic E-state index is 12.0. The highest BCUT2D eigenvalue weighted by Gasteiger charge is 2.23. The molecule has 0 radical (unpaired) electrons. The number of aliphatic imine (C=N–C) groups is 1. The number of nitrogens with one attached hydrogen (secondary N) is 1. The first-order valence-electron chi connectivity index (χ1n) is 9.97. The van der Waals surface area contributed by atoms with Gasteiger partial charge in [-0.3, -0.25) is 9.69 Å². The van der Waals surface area contributed by atoms with Crippen molar-refractivity contribution in [3.8, 4) is 0 Å². The van der Waals surface area contributed by atoms with Crippen molar-refractivity contribution in [3.63, 3.8) is 0 Å². The van der Waals surface area contributed by atoms with Crippen LogP contribution < -0.4 is 5.32 Å². The number of guanidine groups is 1. The molecule has 9 nitrogen and oxygen atoms in total. The third kappa shape index (κ3) is 7.41. The SMILES string of the molecule is Cc1cc(CN2CCN(C(=NCC(=O)N(C)C)NCC3CCOC3)CC2)no1.I. The van der Waals surface area contributed by atoms with E-state index in [9.17, 15) is 4.79 Å². The number of carbonyl (C=O) groups excluding carboxylic acids is 1. The largest absolute Gasteiger partial charge is 0.381 e. The van der Waals surface area contributed by atoms with Gasteiger partial charge in [-0.1, -0.05) is 5.16 Å². The number of carbonyl (C=O) groups is 1. The third-order valence-electron chi connectivity index (χ3n) is 5.17. The molecular weight excluding hydrogens is 487 g/mol. The highest BCUT2D eigenvalue weighted by atomic mass is 127. The topological polar surface area (TPSA) is 86.4 Å². The quantitative estimate of drug-likeness (QED) is 0.337. The van der Waals surface area contributed by atoms with Gasteiger partial charge in [-0.05, 0) is 13.3 Å². The fourth-order valence-corrected chi connectivity index (χ4v) is 3.37. The van der Waals surface area contributed by atoms with E-state index in [1.165, 1.54) is 0 Å². The molecule has 1 N–H and O–H groups in total. The summed E-state index contributed by atoms with van der Waals surface area (Å²) in [5.74, 6) is 2.17. The predicted molar refractivity (Wildman–Crippen MR) is 121 cm³/mol. The van der Waals surface area contributed by atoms with E-state index in [1.807, 2.05) is 13.0 Å². The summed E-state index contributed by atoms with van der Waals surface area (Å²) in [7, 11) is 3.51. The van der Waals surface area contributed by atoms with Crippen molar-refractivity contribution < 1.29 is 14.1 Å². The maximum Gasteiger partial charge on any atom is 0.243 e. The van der Waals surface area contributed by atoms with E-state index in [2.05, 4.69) is 25.3 Å². The lowest BCUT2D eigenvalue weighted by Gasteiger charge is -2.36. The van der Waals surface area contributed by atoms with Crippen molar-refractivity contribution in [1.82, 2.24) is 25.2 Å². The smallest absolute Gasteiger partial charge is 0.243 e. The second kappa shape index (κ2) is 11.7. The molecule has 0 aromatic carbocycles. The lowest BCUT2D eigenvalue weighted by molar-refractivity contribution is -0.127. The zero-order chi connectivity index (χ0) is 19.9. The maximum atomic E-state index is 12.0. The van der Waals surface area contributed by atoms with Crippen LogP contribution in [0, 0.1) is 12.8 Å². The highest BCUT2D eigenvalue weighted by Crippen LogP contribution is 2.12. The summed E-state index contributed by atoms with van der Waals surface area (Å²) in [4.78, 5) is 22.7. The first-order chi connectivity index (χ1) is 13.5. The second-order valence-corrected chi connectivity index (χ2v) is 7.73. The highest BCUT2D eigenvalue weighted by molar-refractivity contribution is 14.0. The predicted octanol–water partition coefficient (Wildman–Crippen LogP) is 0.789. The number of aromatic nitrogens is 1. The standard InChI is InChI=1S/C19H32N6O3.HI/c1-15-10-17(22-28-15)13-24-5-7-25(8-6-24)19(21-12-18(26)23(2)3)20-11-16-4-9-27-14-16;/h10,16H,4-9,11-14H2,1-3H3,(H,20,21);1H. The molecule has 1 amide bonds. The van der Waals surface area contributed by atoms with Crippen LogP contribution in [0.3, 0.4) is 0 Å². The Hall–Kier alpha value is -1.40. The van der Waals surface area contributed by atoms with Crippen LogP contribution in [-0.4, -0.2) is 98.3 Å². The zero-order valence-electron chi connectivity index (χ0n) is 17.6. The number of piperazine rings is 1. The molecule has 0 saturated carbocycles. The molecule has 2 aliphatic rings. The van der Waals surface area contributed by atoms with Gasteiger partial charge in [0.05, 0.1) is 12.3 Å². The van der Waals surface area contributed by atoms with Crippen LogP contribution in [0.5, 0.6) is 0 Å². The van der Waals surface area contributed by atoms with Crippen molar-refractivity contribution >= 4 is 35.8 Å². The Labute approximate surface area is 189 Å². The van der Waals surface area contributed by atoms with Crippen molar-refractivity contribution in [2.24, 2.45) is 10.9 Å². The van der Waals surface area contributed by atoms with E-state index >= 15 is 0 Å². The van der Waals surface area contributed by atoms with Gasteiger partial charge in [0.15, 0.2) is 5.96 Å². The molecule has 1 unspecified atom stereocenters. The molecule has 2 saturated heterocycles. The van der Waals surface area contributed by atoms with Gasteiger partial charge >= 0.3 is 0 Å². The molecular formula is C19H33IN6O3. The van der Waals surface area contributed by atoms with E-state index in [4.69, 9.17) is 9.26 Å². The first-order valence-corrected chi connectivity index (χ1v) is 9.97. The van der Waals surface area contributed by atoms with Gasteiger partial charge in [-0.25, -0.2) is 4.99 Å². The minimum absolute atomic E-state index is 0. The van der Waals surface area contributed by atoms with Crippen LogP contribution in [0.25, 0.3) is 0 Å². The van der Waals surface area contributed by atoms with Crippen LogP contribution in [-0.2, 0) is 16.1 Å². The van der Waals surface area contributed by atoms with Crippen molar-refractivity contribution in [2.45, 2.75) is 19.9 Å². The lowest BCUT2D eigenvalue weighted by atomic mass is 10.1. The van der Waals surface area contributed by atoms with Gasteiger partial charge in [-0.2, -0.15) is 0 Å². The van der Waals surface area contributed by atoms with Crippen LogP contribution in [0.2, 0.25) is 0 Å². The summed E-state index contributed by atoms with van der Waals surface area (Å²) in [6, 6.07) is 1.98. The minimum atomic E-state index is 0. The number of nitrogens with zero attached hydrogens (tertiary/aromatic N) is 5. The number of likely N-dealkylation sites (N-methyl/N-ethyl adjacent to an activating group) is 1. The number of halogens is 1. The van der Waals surface area contributed by atoms with Gasteiger partial charge < -0.3 is 24.4 Å². The van der Waals surface area contributed by atoms with E-state index < -0.39 is 0 Å². The zero-order valence-corrected chi connectivity index (χ0v) is 19.9. The molecule has 1 atom stereocenters. The number of amides is 1. The normalized spacial score (nSPS) is 20.4. The fraction of sp³-hybridized carbons (Fsp3) is 0.737. The molecule has 1 aromatic heterocycles. The Kier molecular flexibility index (Phi) is 9.63. The van der Waals surface area contributed by atoms with Crippen molar-refractivity contribution in [2.75, 3.05) is 66.6 Å². The summed E-state index contributed by atoms with van der Waals surface area (Å²) >= 11 is 0. The van der Waals surface area contributed by atoms with Gasteiger partial charge in [0.2, 0.25) is 5.91 Å². The van der Waals surface area contributed by atoms with Gasteiger partial charge in [0.1, 0.15) is 12.3 Å². The Balaban J connectivity index is 0.00000300. The van der Waals surface area contributed by atoms with Crippen molar-refractivity contribution in [1.29, 1.82) is 0 Å². The molecule has 3 rings (SSSR count). The number of hydrogen-bond acceptors (Lipinski definition) is 6. The molecule has 2 fully saturated rings. The minimum Gasteiger partial charge on any atom is -0.381 e. The number of aryl methyl sites for hydroxylation is 1. The Bertz CT molecular complexity index is 667. The molecule has 164 valence electrons. The van der Waals surface area contributed by atoms with Gasteiger partial charge in [0, 0.05) is 72.0 Å². The number of hydrogen-bond donors (Lipinski definition) is 1. The Morgan fingerprint density at radius 2 is 2.10 bits per heavy atom. The molecule has 0 spiro atoms. The third-order valence-corrected chi connectivity index (χ3v) is 5.17. The van der Waals surface area contributed by atoms with Crippen molar-refractivity contribution in [3.05, 3.63) is 17.5 Å². The fourth-order valence-electron chi connectivity index (χ4n) is 3.37. The molecule has 0 bridgehead atoms. The van der Waals surface area contributed by atoms with Crippen LogP contribution in [0.4, 0.5) is 0 Å². The second-order valence-electron chi connectivity index (χ2n) is 7.73. The van der Waals surface area contributed by atoms with Crippen LogP contribution in [0.15, 0.2) is 15.6 Å². The van der Waals surface area contributed by atoms with E-state index in [1.54, 1.807) is 19.0 Å². The van der Waals surface area contributed by atoms with Gasteiger partial charge in [-0.15, -0.1) is 24.0 Å². The average molecular weight is 520 g/mol. The van der Waals surface area contributed by atoms with Crippen LogP contribution in [0.1, 0.15) is 17.9 Å². The monoisotopic (exact) mass is 520 g/mol. The van der Waals surface area contributed by atoms with Gasteiger partial charge in [0.25, 0.3) is 0 Å². The lowest BCUT2D eigenvalue weighted by Crippen LogP contribution is -2.53. The summed E-state index contributed by atoms with van der Waals surface area (Å²) in [6.07, 6.45) is 1.07. The average Bonchev–Trinajstić information content (AvgIpc) is 3.34. The molecule has 3 heterocycles.